The highest BCUT2D eigenvalue weighted by Crippen LogP contribution is 2.29. The summed E-state index contributed by atoms with van der Waals surface area (Å²) in [7, 11) is 3.44. The maximum atomic E-state index is 12.9. The van der Waals surface area contributed by atoms with Gasteiger partial charge in [-0.05, 0) is 52.1 Å². The van der Waals surface area contributed by atoms with Crippen molar-refractivity contribution in [1.29, 1.82) is 0 Å². The highest BCUT2D eigenvalue weighted by atomic mass is 16.2. The number of carbonyl (C=O) groups excluding carboxylic acids is 2. The number of likely N-dealkylation sites (tertiary alicyclic amines) is 2. The number of amides is 2. The lowest BCUT2D eigenvalue weighted by Gasteiger charge is -2.36. The standard InChI is InChI=1S/C19H29N5O2/c1-14-15(19(26)22(2)3)12-20-18(21-14)16-8-4-5-11-24(16)17(25)13-23-9-6-7-10-23/h12,16H,4-11,13H2,1-3H3/t16-/m1/s1. The van der Waals surface area contributed by atoms with Gasteiger partial charge in [0.05, 0.1) is 23.8 Å². The molecule has 0 N–H and O–H groups in total. The summed E-state index contributed by atoms with van der Waals surface area (Å²) in [6.07, 6.45) is 6.95. The van der Waals surface area contributed by atoms with Crippen LogP contribution in [0.2, 0.25) is 0 Å². The first-order chi connectivity index (χ1) is 12.5. The minimum Gasteiger partial charge on any atom is -0.345 e. The van der Waals surface area contributed by atoms with Crippen LogP contribution in [0.15, 0.2) is 6.20 Å². The largest absolute Gasteiger partial charge is 0.345 e. The molecule has 7 heteroatoms. The lowest BCUT2D eigenvalue weighted by molar-refractivity contribution is -0.136. The second-order valence-corrected chi connectivity index (χ2v) is 7.51. The third-order valence-corrected chi connectivity index (χ3v) is 5.31. The van der Waals surface area contributed by atoms with Crippen LogP contribution in [0, 0.1) is 6.92 Å². The topological polar surface area (TPSA) is 69.6 Å². The first-order valence-electron chi connectivity index (χ1n) is 9.54. The summed E-state index contributed by atoms with van der Waals surface area (Å²) in [4.78, 5) is 39.8. The highest BCUT2D eigenvalue weighted by Gasteiger charge is 2.31. The molecule has 142 valence electrons. The van der Waals surface area contributed by atoms with Gasteiger partial charge in [0.15, 0.2) is 5.82 Å². The Bertz CT molecular complexity index is 670. The Morgan fingerprint density at radius 1 is 1.15 bits per heavy atom. The van der Waals surface area contributed by atoms with Gasteiger partial charge in [0, 0.05) is 26.8 Å². The van der Waals surface area contributed by atoms with E-state index in [9.17, 15) is 9.59 Å². The lowest BCUT2D eigenvalue weighted by atomic mass is 10.0. The number of rotatable bonds is 4. The zero-order chi connectivity index (χ0) is 18.7. The van der Waals surface area contributed by atoms with Crippen LogP contribution in [0.5, 0.6) is 0 Å². The van der Waals surface area contributed by atoms with Gasteiger partial charge in [0.2, 0.25) is 5.91 Å². The molecule has 0 aromatic carbocycles. The first-order valence-corrected chi connectivity index (χ1v) is 9.54. The fourth-order valence-electron chi connectivity index (χ4n) is 3.82. The number of nitrogens with zero attached hydrogens (tertiary/aromatic N) is 5. The van der Waals surface area contributed by atoms with E-state index >= 15 is 0 Å². The second kappa shape index (κ2) is 8.12. The van der Waals surface area contributed by atoms with E-state index in [2.05, 4.69) is 14.9 Å². The van der Waals surface area contributed by atoms with Crippen molar-refractivity contribution in [2.45, 2.75) is 45.1 Å². The van der Waals surface area contributed by atoms with E-state index in [4.69, 9.17) is 0 Å². The van der Waals surface area contributed by atoms with Crippen molar-refractivity contribution >= 4 is 11.8 Å². The third-order valence-electron chi connectivity index (χ3n) is 5.31. The van der Waals surface area contributed by atoms with Crippen molar-refractivity contribution < 1.29 is 9.59 Å². The molecule has 1 aromatic heterocycles. The minimum absolute atomic E-state index is 0.0824. The predicted octanol–water partition coefficient (Wildman–Crippen LogP) is 1.64. The van der Waals surface area contributed by atoms with E-state index in [0.717, 1.165) is 38.9 Å². The molecule has 0 unspecified atom stereocenters. The first kappa shape index (κ1) is 18.8. The van der Waals surface area contributed by atoms with Crippen molar-refractivity contribution in [2.24, 2.45) is 0 Å². The third kappa shape index (κ3) is 4.03. The van der Waals surface area contributed by atoms with Crippen LogP contribution < -0.4 is 0 Å². The number of hydrogen-bond acceptors (Lipinski definition) is 5. The molecule has 2 aliphatic rings. The van der Waals surface area contributed by atoms with Crippen molar-refractivity contribution in [1.82, 2.24) is 24.7 Å². The van der Waals surface area contributed by atoms with Crippen molar-refractivity contribution in [3.63, 3.8) is 0 Å². The number of aromatic nitrogens is 2. The van der Waals surface area contributed by atoms with Gasteiger partial charge in [-0.1, -0.05) is 0 Å². The zero-order valence-corrected chi connectivity index (χ0v) is 16.1. The van der Waals surface area contributed by atoms with Gasteiger partial charge in [0.1, 0.15) is 0 Å². The average Bonchev–Trinajstić information content (AvgIpc) is 3.14. The van der Waals surface area contributed by atoms with Crippen molar-refractivity contribution in [3.05, 3.63) is 23.3 Å². The maximum Gasteiger partial charge on any atom is 0.256 e. The summed E-state index contributed by atoms with van der Waals surface area (Å²) < 4.78 is 0. The summed E-state index contributed by atoms with van der Waals surface area (Å²) >= 11 is 0. The zero-order valence-electron chi connectivity index (χ0n) is 16.1. The SMILES string of the molecule is Cc1nc([C@H]2CCCCN2C(=O)CN2CCCC2)ncc1C(=O)N(C)C. The molecule has 26 heavy (non-hydrogen) atoms. The smallest absolute Gasteiger partial charge is 0.256 e. The van der Waals surface area contributed by atoms with Gasteiger partial charge in [-0.2, -0.15) is 0 Å². The Labute approximate surface area is 155 Å². The van der Waals surface area contributed by atoms with Crippen LogP contribution in [0.1, 0.15) is 60.0 Å². The minimum atomic E-state index is -0.0975. The molecule has 1 atom stereocenters. The van der Waals surface area contributed by atoms with E-state index in [1.807, 2.05) is 11.8 Å². The van der Waals surface area contributed by atoms with E-state index in [1.165, 1.54) is 17.7 Å². The monoisotopic (exact) mass is 359 g/mol. The van der Waals surface area contributed by atoms with Gasteiger partial charge in [-0.25, -0.2) is 9.97 Å². The molecule has 0 radical (unpaired) electrons. The maximum absolute atomic E-state index is 12.9. The van der Waals surface area contributed by atoms with Crippen molar-refractivity contribution in [2.75, 3.05) is 40.3 Å². The Morgan fingerprint density at radius 3 is 2.50 bits per heavy atom. The average molecular weight is 359 g/mol. The summed E-state index contributed by atoms with van der Waals surface area (Å²) in [6, 6.07) is -0.0824. The van der Waals surface area contributed by atoms with E-state index < -0.39 is 0 Å². The van der Waals surface area contributed by atoms with Crippen molar-refractivity contribution in [3.8, 4) is 0 Å². The molecule has 1 aromatic rings. The van der Waals surface area contributed by atoms with Crippen LogP contribution in [0.25, 0.3) is 0 Å². The molecule has 0 spiro atoms. The summed E-state index contributed by atoms with van der Waals surface area (Å²) in [5.74, 6) is 0.734. The van der Waals surface area contributed by atoms with Crippen LogP contribution >= 0.6 is 0 Å². The van der Waals surface area contributed by atoms with Crippen LogP contribution in [-0.2, 0) is 4.79 Å². The molecule has 7 nitrogen and oxygen atoms in total. The molecule has 2 aliphatic heterocycles. The van der Waals surface area contributed by atoms with Gasteiger partial charge >= 0.3 is 0 Å². The Balaban J connectivity index is 1.77. The number of carbonyl (C=O) groups is 2. The normalized spacial score (nSPS) is 21.0. The van der Waals surface area contributed by atoms with Crippen LogP contribution in [-0.4, -0.2) is 76.8 Å². The van der Waals surface area contributed by atoms with E-state index in [0.29, 0.717) is 23.6 Å². The molecule has 2 saturated heterocycles. The van der Waals surface area contributed by atoms with Gasteiger partial charge in [0.25, 0.3) is 5.91 Å². The number of piperidine rings is 1. The fourth-order valence-corrected chi connectivity index (χ4v) is 3.82. The highest BCUT2D eigenvalue weighted by molar-refractivity contribution is 5.94. The summed E-state index contributed by atoms with van der Waals surface area (Å²) in [5.41, 5.74) is 1.19. The summed E-state index contributed by atoms with van der Waals surface area (Å²) in [6.45, 7) is 5.12. The molecular formula is C19H29N5O2. The van der Waals surface area contributed by atoms with Gasteiger partial charge < -0.3 is 9.80 Å². The molecule has 2 fully saturated rings. The molecule has 0 saturated carbocycles. The molecule has 3 rings (SSSR count). The van der Waals surface area contributed by atoms with Crippen LogP contribution in [0.3, 0.4) is 0 Å². The number of hydrogen-bond donors (Lipinski definition) is 0. The molecule has 0 aliphatic carbocycles. The lowest BCUT2D eigenvalue weighted by Crippen LogP contribution is -2.44. The Hall–Kier alpha value is -2.02. The van der Waals surface area contributed by atoms with Gasteiger partial charge in [-0.3, -0.25) is 14.5 Å². The quantitative estimate of drug-likeness (QED) is 0.817. The molecular weight excluding hydrogens is 330 g/mol. The number of aryl methyl sites for hydroxylation is 1. The van der Waals surface area contributed by atoms with E-state index in [1.54, 1.807) is 20.3 Å². The predicted molar refractivity (Wildman–Crippen MR) is 98.8 cm³/mol. The molecule has 3 heterocycles. The second-order valence-electron chi connectivity index (χ2n) is 7.51. The fraction of sp³-hybridized carbons (Fsp3) is 0.684. The molecule has 2 amide bonds. The van der Waals surface area contributed by atoms with E-state index in [-0.39, 0.29) is 17.9 Å². The Morgan fingerprint density at radius 2 is 1.85 bits per heavy atom. The van der Waals surface area contributed by atoms with Gasteiger partial charge in [-0.15, -0.1) is 0 Å². The Kier molecular flexibility index (Phi) is 5.86. The molecule has 0 bridgehead atoms. The van der Waals surface area contributed by atoms with Crippen LogP contribution in [0.4, 0.5) is 0 Å². The summed E-state index contributed by atoms with van der Waals surface area (Å²) in [5, 5.41) is 0.